The maximum atomic E-state index is 8.49. The van der Waals surface area contributed by atoms with E-state index < -0.39 is 20.5 Å². The van der Waals surface area contributed by atoms with Gasteiger partial charge < -0.3 is 9.47 Å². The summed E-state index contributed by atoms with van der Waals surface area (Å²) in [6.45, 7) is 5.33. The fourth-order valence-corrected chi connectivity index (χ4v) is 4.46. The Balaban J connectivity index is 0.000000533. The van der Waals surface area contributed by atoms with E-state index in [2.05, 4.69) is 23.0 Å². The minimum atomic E-state index is -4.94. The van der Waals surface area contributed by atoms with Crippen molar-refractivity contribution < 1.29 is 76.4 Å². The standard InChI is InChI=1S/C24H26Cl2N4O2.2ClHO4/c1-3-19-21(27)31-23(15-5-9-17(25)10-6-15)29(19)13-14-30-20(4-2)22(28)32-24(30)16-7-11-18(26)12-8-16;2*2-1(3,4)5/h5-12,19-20,27-28H,3-4,13-14H2,1-2H3;2*(H,2,3,4,5)/q+2;;/p-2. The number of nitrogens with one attached hydrogen (secondary N) is 2. The van der Waals surface area contributed by atoms with E-state index in [4.69, 9.17) is 80.8 Å². The molecule has 42 heavy (non-hydrogen) atoms. The molecular formula is C24H26Cl4N4O10. The van der Waals surface area contributed by atoms with Crippen LogP contribution in [0.15, 0.2) is 48.5 Å². The molecule has 18 heteroatoms. The summed E-state index contributed by atoms with van der Waals surface area (Å²) in [5, 5.41) is 18.0. The van der Waals surface area contributed by atoms with E-state index in [0.717, 1.165) is 24.0 Å². The van der Waals surface area contributed by atoms with E-state index >= 15 is 0 Å². The van der Waals surface area contributed by atoms with E-state index in [9.17, 15) is 0 Å². The Morgan fingerprint density at radius 1 is 0.619 bits per heavy atom. The van der Waals surface area contributed by atoms with Gasteiger partial charge in [0.2, 0.25) is 25.2 Å². The fourth-order valence-electron chi connectivity index (χ4n) is 4.20. The highest BCUT2D eigenvalue weighted by Crippen LogP contribution is 2.21. The Bertz CT molecular complexity index is 1200. The second-order valence-corrected chi connectivity index (χ2v) is 10.9. The second kappa shape index (κ2) is 15.3. The largest absolute Gasteiger partial charge is 0.383 e. The summed E-state index contributed by atoms with van der Waals surface area (Å²) in [7, 11) is -9.89. The summed E-state index contributed by atoms with van der Waals surface area (Å²) in [5.74, 6) is 1.82. The van der Waals surface area contributed by atoms with Crippen LogP contribution < -0.4 is 37.3 Å². The van der Waals surface area contributed by atoms with Gasteiger partial charge in [-0.3, -0.25) is 10.8 Å². The lowest BCUT2D eigenvalue weighted by Gasteiger charge is -2.17. The maximum Gasteiger partial charge on any atom is 0.377 e. The minimum Gasteiger partial charge on any atom is -0.383 e. The molecule has 0 spiro atoms. The number of halogens is 4. The minimum absolute atomic E-state index is 0.136. The van der Waals surface area contributed by atoms with Crippen LogP contribution in [-0.4, -0.2) is 57.9 Å². The van der Waals surface area contributed by atoms with Crippen molar-refractivity contribution in [3.63, 3.8) is 0 Å². The molecule has 0 saturated carbocycles. The molecule has 230 valence electrons. The molecule has 2 atom stereocenters. The Morgan fingerprint density at radius 2 is 0.881 bits per heavy atom. The number of ether oxygens (including phenoxy) is 2. The fraction of sp³-hybridized carbons (Fsp3) is 0.333. The SMILES string of the molecule is CCC1C(=N)OC(c2ccc(Cl)cc2)=[N+]1CC[N+]1=C(c2ccc(Cl)cc2)OC(=N)C1CC.[O-][Cl+3]([O-])([O-])[O-].[O-][Cl+3]([O-])([O-])[O-]. The first-order chi connectivity index (χ1) is 19.4. The first-order valence-corrected chi connectivity index (χ1v) is 15.2. The van der Waals surface area contributed by atoms with E-state index in [0.29, 0.717) is 34.9 Å². The quantitative estimate of drug-likeness (QED) is 0.266. The van der Waals surface area contributed by atoms with E-state index in [1.54, 1.807) is 0 Å². The molecule has 2 heterocycles. The molecule has 4 rings (SSSR count). The van der Waals surface area contributed by atoms with Crippen LogP contribution in [0.4, 0.5) is 0 Å². The Labute approximate surface area is 255 Å². The lowest BCUT2D eigenvalue weighted by Crippen LogP contribution is -2.68. The van der Waals surface area contributed by atoms with Crippen LogP contribution in [0.5, 0.6) is 0 Å². The predicted octanol–water partition coefficient (Wildman–Crippen LogP) is -4.73. The van der Waals surface area contributed by atoms with Gasteiger partial charge in [-0.1, -0.05) is 37.0 Å². The third-order valence-corrected chi connectivity index (χ3v) is 6.33. The molecule has 2 aromatic rings. The van der Waals surface area contributed by atoms with Crippen molar-refractivity contribution in [1.29, 1.82) is 10.8 Å². The Morgan fingerprint density at radius 3 is 1.12 bits per heavy atom. The van der Waals surface area contributed by atoms with Crippen molar-refractivity contribution in [3.8, 4) is 0 Å². The molecule has 14 nitrogen and oxygen atoms in total. The zero-order valence-electron chi connectivity index (χ0n) is 22.1. The van der Waals surface area contributed by atoms with Crippen molar-refractivity contribution >= 4 is 46.8 Å². The van der Waals surface area contributed by atoms with Gasteiger partial charge in [0.25, 0.3) is 11.8 Å². The Kier molecular flexibility index (Phi) is 13.1. The normalized spacial score (nSPS) is 18.7. The predicted molar refractivity (Wildman–Crippen MR) is 127 cm³/mol. The summed E-state index contributed by atoms with van der Waals surface area (Å²) in [4.78, 5) is 0. The topological polar surface area (TPSA) is 257 Å². The average Bonchev–Trinajstić information content (AvgIpc) is 3.36. The third kappa shape index (κ3) is 11.3. The van der Waals surface area contributed by atoms with Crippen molar-refractivity contribution in [1.82, 2.24) is 0 Å². The van der Waals surface area contributed by atoms with Gasteiger partial charge in [-0.15, -0.1) is 20.5 Å². The first kappa shape index (κ1) is 35.8. The van der Waals surface area contributed by atoms with Crippen LogP contribution >= 0.6 is 23.2 Å². The molecule has 2 N–H and O–H groups in total. The van der Waals surface area contributed by atoms with Gasteiger partial charge in [0.1, 0.15) is 0 Å². The van der Waals surface area contributed by atoms with Crippen LogP contribution in [0, 0.1) is 31.3 Å². The van der Waals surface area contributed by atoms with Crippen molar-refractivity contribution in [2.24, 2.45) is 0 Å². The lowest BCUT2D eigenvalue weighted by molar-refractivity contribution is -2.00. The number of nitrogens with zero attached hydrogens (tertiary/aromatic N) is 2. The number of benzene rings is 2. The van der Waals surface area contributed by atoms with Crippen molar-refractivity contribution in [2.45, 2.75) is 38.8 Å². The summed E-state index contributed by atoms with van der Waals surface area (Å²) >= 11 is 12.1. The Hall–Kier alpha value is -2.44. The van der Waals surface area contributed by atoms with Crippen molar-refractivity contribution in [2.75, 3.05) is 13.1 Å². The number of hydrogen-bond acceptors (Lipinski definition) is 12. The highest BCUT2D eigenvalue weighted by molar-refractivity contribution is 6.31. The van der Waals surface area contributed by atoms with Gasteiger partial charge >= 0.3 is 11.8 Å². The molecule has 0 fully saturated rings. The molecule has 2 aliphatic heterocycles. The molecule has 0 aliphatic carbocycles. The number of rotatable bonds is 7. The van der Waals surface area contributed by atoms with Gasteiger partial charge in [-0.25, -0.2) is 37.3 Å². The van der Waals surface area contributed by atoms with E-state index in [-0.39, 0.29) is 23.9 Å². The van der Waals surface area contributed by atoms with Crippen LogP contribution in [0.25, 0.3) is 0 Å². The van der Waals surface area contributed by atoms with Gasteiger partial charge in [0.05, 0.1) is 11.1 Å². The molecular weight excluding hydrogens is 646 g/mol. The van der Waals surface area contributed by atoms with Gasteiger partial charge in [-0.05, 0) is 48.5 Å². The van der Waals surface area contributed by atoms with Crippen molar-refractivity contribution in [3.05, 3.63) is 69.7 Å². The van der Waals surface area contributed by atoms with E-state index in [1.807, 2.05) is 48.5 Å². The first-order valence-electron chi connectivity index (χ1n) is 12.0. The molecule has 2 aromatic carbocycles. The number of hydrogen-bond donors (Lipinski definition) is 2. The summed E-state index contributed by atoms with van der Waals surface area (Å²) < 4.78 is 84.0. The molecule has 0 saturated heterocycles. The zero-order valence-corrected chi connectivity index (χ0v) is 25.1. The highest BCUT2D eigenvalue weighted by atomic mass is 35.7. The smallest absolute Gasteiger partial charge is 0.377 e. The van der Waals surface area contributed by atoms with Crippen LogP contribution in [0.2, 0.25) is 10.0 Å². The molecule has 2 aliphatic rings. The van der Waals surface area contributed by atoms with Gasteiger partial charge in [0, 0.05) is 22.9 Å². The molecule has 0 aromatic heterocycles. The van der Waals surface area contributed by atoms with Gasteiger partial charge in [0.15, 0.2) is 0 Å². The lowest BCUT2D eigenvalue weighted by atomic mass is 10.2. The molecule has 0 bridgehead atoms. The third-order valence-electron chi connectivity index (χ3n) is 5.83. The van der Waals surface area contributed by atoms with E-state index in [1.165, 1.54) is 0 Å². The summed E-state index contributed by atoms with van der Waals surface area (Å²) in [5.41, 5.74) is 1.77. The zero-order chi connectivity index (χ0) is 31.8. The average molecular weight is 672 g/mol. The van der Waals surface area contributed by atoms with Gasteiger partial charge in [-0.2, -0.15) is 9.15 Å². The second-order valence-electron chi connectivity index (χ2n) is 8.55. The summed E-state index contributed by atoms with van der Waals surface area (Å²) in [6.07, 6.45) is 1.51. The highest BCUT2D eigenvalue weighted by Gasteiger charge is 2.44. The molecule has 0 amide bonds. The summed E-state index contributed by atoms with van der Waals surface area (Å²) in [6, 6.07) is 14.6. The molecule has 0 radical (unpaired) electrons. The maximum absolute atomic E-state index is 8.49. The molecule has 2 unspecified atom stereocenters. The van der Waals surface area contributed by atoms with Crippen LogP contribution in [0.1, 0.15) is 37.8 Å². The monoisotopic (exact) mass is 670 g/mol. The van der Waals surface area contributed by atoms with Crippen LogP contribution in [0.3, 0.4) is 0 Å². The van der Waals surface area contributed by atoms with Crippen LogP contribution in [-0.2, 0) is 9.47 Å².